The number of ether oxygens (including phenoxy) is 1. The third-order valence-electron chi connectivity index (χ3n) is 5.00. The second-order valence-corrected chi connectivity index (χ2v) is 7.17. The van der Waals surface area contributed by atoms with Crippen molar-refractivity contribution in [1.82, 2.24) is 30.0 Å². The van der Waals surface area contributed by atoms with Crippen molar-refractivity contribution in [1.29, 1.82) is 0 Å². The number of carbonyl (C=O) groups excluding carboxylic acids is 1. The lowest BCUT2D eigenvalue weighted by atomic mass is 10.1. The maximum absolute atomic E-state index is 11.9. The zero-order chi connectivity index (χ0) is 22.3. The maximum Gasteiger partial charge on any atom is 0.241 e. The molecule has 2 N–H and O–H groups in total. The number of hydrogen-bond donors (Lipinski definition) is 2. The molecule has 0 radical (unpaired) electrons. The maximum atomic E-state index is 11.9. The van der Waals surface area contributed by atoms with Gasteiger partial charge >= 0.3 is 0 Å². The predicted octanol–water partition coefficient (Wildman–Crippen LogP) is 2.69. The first-order valence-electron chi connectivity index (χ1n) is 10.4. The number of hydrogen-bond acceptors (Lipinski definition) is 7. The molecule has 1 aromatic carbocycles. The molecule has 9 nitrogen and oxygen atoms in total. The fraction of sp³-hybridized carbons (Fsp3) is 0.261. The molecule has 0 aliphatic heterocycles. The summed E-state index contributed by atoms with van der Waals surface area (Å²) >= 11 is 0. The van der Waals surface area contributed by atoms with E-state index in [-0.39, 0.29) is 12.5 Å². The zero-order valence-corrected chi connectivity index (χ0v) is 18.1. The van der Waals surface area contributed by atoms with Crippen LogP contribution in [0.2, 0.25) is 0 Å². The number of para-hydroxylation sites is 1. The summed E-state index contributed by atoms with van der Waals surface area (Å²) < 4.78 is 7.00. The number of likely N-dealkylation sites (N-methyl/N-ethyl adjacent to an activating group) is 1. The summed E-state index contributed by atoms with van der Waals surface area (Å²) in [7, 11) is 1.68. The van der Waals surface area contributed by atoms with Gasteiger partial charge in [-0.25, -0.2) is 19.6 Å². The number of amides is 1. The van der Waals surface area contributed by atoms with Crippen molar-refractivity contribution in [3.05, 3.63) is 60.7 Å². The van der Waals surface area contributed by atoms with Crippen LogP contribution in [0.25, 0.3) is 22.3 Å². The van der Waals surface area contributed by atoms with Gasteiger partial charge in [0, 0.05) is 36.3 Å². The number of pyridine rings is 1. The minimum atomic E-state index is -0.0944. The molecule has 1 amide bonds. The predicted molar refractivity (Wildman–Crippen MR) is 122 cm³/mol. The summed E-state index contributed by atoms with van der Waals surface area (Å²) in [5.74, 6) is 1.52. The van der Waals surface area contributed by atoms with E-state index in [4.69, 9.17) is 4.74 Å². The number of nitrogens with zero attached hydrogens (tertiary/aromatic N) is 5. The van der Waals surface area contributed by atoms with Crippen molar-refractivity contribution >= 4 is 22.8 Å². The van der Waals surface area contributed by atoms with Crippen LogP contribution in [0, 0.1) is 0 Å². The molecule has 0 atom stereocenters. The summed E-state index contributed by atoms with van der Waals surface area (Å²) in [4.78, 5) is 25.1. The number of anilines is 1. The van der Waals surface area contributed by atoms with E-state index in [0.29, 0.717) is 18.7 Å². The molecule has 0 saturated heterocycles. The van der Waals surface area contributed by atoms with E-state index in [1.165, 1.54) is 6.33 Å². The summed E-state index contributed by atoms with van der Waals surface area (Å²) in [5, 5.41) is 11.2. The fourth-order valence-corrected chi connectivity index (χ4v) is 3.46. The van der Waals surface area contributed by atoms with Crippen LogP contribution in [0.3, 0.4) is 0 Å². The van der Waals surface area contributed by atoms with Crippen molar-refractivity contribution in [2.45, 2.75) is 19.9 Å². The molecule has 0 unspecified atom stereocenters. The first-order chi connectivity index (χ1) is 15.7. The van der Waals surface area contributed by atoms with Gasteiger partial charge in [0.25, 0.3) is 0 Å². The van der Waals surface area contributed by atoms with Crippen LogP contribution in [0.1, 0.15) is 12.5 Å². The van der Waals surface area contributed by atoms with E-state index < -0.39 is 0 Å². The van der Waals surface area contributed by atoms with Crippen molar-refractivity contribution in [2.75, 3.05) is 25.5 Å². The Morgan fingerprint density at radius 1 is 1.12 bits per heavy atom. The minimum Gasteiger partial charge on any atom is -0.496 e. The lowest BCUT2D eigenvalue weighted by molar-refractivity contribution is -0.121. The molecule has 32 heavy (non-hydrogen) atoms. The van der Waals surface area contributed by atoms with Crippen molar-refractivity contribution in [3.63, 3.8) is 0 Å². The van der Waals surface area contributed by atoms with E-state index in [2.05, 4.69) is 36.8 Å². The highest BCUT2D eigenvalue weighted by molar-refractivity contribution is 5.82. The molecule has 0 saturated carbocycles. The van der Waals surface area contributed by atoms with E-state index in [1.54, 1.807) is 24.2 Å². The summed E-state index contributed by atoms with van der Waals surface area (Å²) in [5.41, 5.74) is 3.40. The van der Waals surface area contributed by atoms with Crippen LogP contribution < -0.4 is 15.4 Å². The summed E-state index contributed by atoms with van der Waals surface area (Å²) in [6.45, 7) is 3.31. The number of carbonyl (C=O) groups is 1. The monoisotopic (exact) mass is 431 g/mol. The molecule has 0 aliphatic carbocycles. The third kappa shape index (κ3) is 4.83. The molecule has 164 valence electrons. The molecule has 3 aromatic heterocycles. The average Bonchev–Trinajstić information content (AvgIpc) is 3.21. The number of aromatic nitrogens is 5. The molecular weight excluding hydrogens is 406 g/mol. The SMILES string of the molecule is CCNC(=O)Cn1ncc2cc(-c3cc(NCCc4ccccc4OC)ncn3)cnc21. The average molecular weight is 432 g/mol. The van der Waals surface area contributed by atoms with Gasteiger partial charge in [0.05, 0.1) is 19.0 Å². The van der Waals surface area contributed by atoms with Gasteiger partial charge in [-0.15, -0.1) is 0 Å². The van der Waals surface area contributed by atoms with Crippen molar-refractivity contribution in [3.8, 4) is 17.0 Å². The van der Waals surface area contributed by atoms with Crippen LogP contribution in [-0.2, 0) is 17.8 Å². The van der Waals surface area contributed by atoms with Crippen LogP contribution in [0.5, 0.6) is 5.75 Å². The van der Waals surface area contributed by atoms with Gasteiger partial charge in [-0.3, -0.25) is 4.79 Å². The molecule has 3 heterocycles. The number of nitrogens with one attached hydrogen (secondary N) is 2. The highest BCUT2D eigenvalue weighted by atomic mass is 16.5. The van der Waals surface area contributed by atoms with E-state index >= 15 is 0 Å². The highest BCUT2D eigenvalue weighted by Crippen LogP contribution is 2.23. The Labute approximate surface area is 185 Å². The second-order valence-electron chi connectivity index (χ2n) is 7.17. The lowest BCUT2D eigenvalue weighted by Gasteiger charge is -2.10. The Balaban J connectivity index is 1.46. The normalized spacial score (nSPS) is 10.8. The van der Waals surface area contributed by atoms with Gasteiger partial charge < -0.3 is 15.4 Å². The van der Waals surface area contributed by atoms with Gasteiger partial charge in [0.2, 0.25) is 5.91 Å². The zero-order valence-electron chi connectivity index (χ0n) is 18.1. The van der Waals surface area contributed by atoms with E-state index in [9.17, 15) is 4.79 Å². The molecule has 0 fully saturated rings. The topological polar surface area (TPSA) is 107 Å². The van der Waals surface area contributed by atoms with Gasteiger partial charge in [-0.2, -0.15) is 5.10 Å². The van der Waals surface area contributed by atoms with Crippen LogP contribution in [0.15, 0.2) is 55.1 Å². The van der Waals surface area contributed by atoms with Gasteiger partial charge in [-0.05, 0) is 31.0 Å². The quantitative estimate of drug-likeness (QED) is 0.420. The molecule has 4 aromatic rings. The molecule has 0 aliphatic rings. The summed E-state index contributed by atoms with van der Waals surface area (Å²) in [6.07, 6.45) is 5.78. The Kier molecular flexibility index (Phi) is 6.54. The van der Waals surface area contributed by atoms with E-state index in [0.717, 1.165) is 40.2 Å². The summed E-state index contributed by atoms with van der Waals surface area (Å²) in [6, 6.07) is 11.8. The Bertz CT molecular complexity index is 1220. The van der Waals surface area contributed by atoms with Crippen LogP contribution in [0.4, 0.5) is 5.82 Å². The number of methoxy groups -OCH3 is 1. The minimum absolute atomic E-state index is 0.0944. The highest BCUT2D eigenvalue weighted by Gasteiger charge is 2.11. The molecular formula is C23H25N7O2. The van der Waals surface area contributed by atoms with Crippen molar-refractivity contribution in [2.24, 2.45) is 0 Å². The van der Waals surface area contributed by atoms with Gasteiger partial charge in [0.15, 0.2) is 5.65 Å². The first kappa shape index (κ1) is 21.2. The largest absolute Gasteiger partial charge is 0.496 e. The number of fused-ring (bicyclic) bond motifs is 1. The van der Waals surface area contributed by atoms with Crippen molar-refractivity contribution < 1.29 is 9.53 Å². The molecule has 0 spiro atoms. The Hall–Kier alpha value is -4.01. The van der Waals surface area contributed by atoms with Gasteiger partial charge in [0.1, 0.15) is 24.4 Å². The third-order valence-corrected chi connectivity index (χ3v) is 5.00. The Morgan fingerprint density at radius 3 is 2.84 bits per heavy atom. The molecule has 4 rings (SSSR count). The number of rotatable bonds is 9. The number of benzene rings is 1. The van der Waals surface area contributed by atoms with Crippen LogP contribution >= 0.6 is 0 Å². The molecule has 9 heteroatoms. The Morgan fingerprint density at radius 2 is 2.00 bits per heavy atom. The lowest BCUT2D eigenvalue weighted by Crippen LogP contribution is -2.27. The van der Waals surface area contributed by atoms with E-state index in [1.807, 2.05) is 37.3 Å². The second kappa shape index (κ2) is 9.86. The van der Waals surface area contributed by atoms with Crippen LogP contribution in [-0.4, -0.2) is 50.8 Å². The first-order valence-corrected chi connectivity index (χ1v) is 10.4. The fourth-order valence-electron chi connectivity index (χ4n) is 3.46. The smallest absolute Gasteiger partial charge is 0.241 e. The van der Waals surface area contributed by atoms with Gasteiger partial charge in [-0.1, -0.05) is 18.2 Å². The molecule has 0 bridgehead atoms. The standard InChI is InChI=1S/C23H25N7O2/c1-3-24-22(31)14-30-23-18(13-29-30)10-17(12-26-23)19-11-21(28-15-27-19)25-9-8-16-6-4-5-7-20(16)32-2/h4-7,10-13,15H,3,8-9,14H2,1-2H3,(H,24,31)(H,25,27,28).